The zero-order valence-corrected chi connectivity index (χ0v) is 10.8. The minimum Gasteiger partial charge on any atom is -0.349 e. The normalized spacial score (nSPS) is 14.2. The molecular formula is C12H15Cl2NO. The SMILES string of the molecule is CC(CCl)C(=O)N[C@H](C)c1ccc(Cl)cc1. The Morgan fingerprint density at radius 2 is 1.88 bits per heavy atom. The van der Waals surface area contributed by atoms with Gasteiger partial charge in [-0.2, -0.15) is 0 Å². The molecule has 0 saturated carbocycles. The third kappa shape index (κ3) is 3.69. The van der Waals surface area contributed by atoms with Crippen LogP contribution in [0, 0.1) is 5.92 Å². The van der Waals surface area contributed by atoms with Crippen molar-refractivity contribution in [3.8, 4) is 0 Å². The fourth-order valence-electron chi connectivity index (χ4n) is 1.26. The third-order valence-electron chi connectivity index (χ3n) is 2.41. The van der Waals surface area contributed by atoms with E-state index in [1.54, 1.807) is 6.92 Å². The van der Waals surface area contributed by atoms with E-state index in [-0.39, 0.29) is 17.9 Å². The second kappa shape index (κ2) is 6.12. The molecular weight excluding hydrogens is 245 g/mol. The standard InChI is InChI=1S/C12H15Cl2NO/c1-8(7-13)12(16)15-9(2)10-3-5-11(14)6-4-10/h3-6,8-9H,7H2,1-2H3,(H,15,16)/t8?,9-/m1/s1. The lowest BCUT2D eigenvalue weighted by molar-refractivity contribution is -0.124. The summed E-state index contributed by atoms with van der Waals surface area (Å²) in [5.41, 5.74) is 1.03. The van der Waals surface area contributed by atoms with Gasteiger partial charge in [0.05, 0.1) is 6.04 Å². The quantitative estimate of drug-likeness (QED) is 0.826. The zero-order valence-electron chi connectivity index (χ0n) is 9.34. The molecule has 1 N–H and O–H groups in total. The summed E-state index contributed by atoms with van der Waals surface area (Å²) in [5, 5.41) is 3.59. The fourth-order valence-corrected chi connectivity index (χ4v) is 1.53. The number of hydrogen-bond acceptors (Lipinski definition) is 1. The second-order valence-electron chi connectivity index (χ2n) is 3.84. The van der Waals surface area contributed by atoms with Crippen molar-refractivity contribution in [1.82, 2.24) is 5.32 Å². The topological polar surface area (TPSA) is 29.1 Å². The highest BCUT2D eigenvalue weighted by atomic mass is 35.5. The molecule has 0 saturated heterocycles. The molecule has 1 rings (SSSR count). The van der Waals surface area contributed by atoms with Crippen LogP contribution in [0.2, 0.25) is 5.02 Å². The van der Waals surface area contributed by atoms with Gasteiger partial charge in [-0.3, -0.25) is 4.79 Å². The highest BCUT2D eigenvalue weighted by Crippen LogP contribution is 2.16. The predicted molar refractivity (Wildman–Crippen MR) is 67.9 cm³/mol. The average molecular weight is 260 g/mol. The molecule has 16 heavy (non-hydrogen) atoms. The molecule has 0 bridgehead atoms. The number of carbonyl (C=O) groups excluding carboxylic acids is 1. The van der Waals surface area contributed by atoms with Gasteiger partial charge in [0.15, 0.2) is 0 Å². The van der Waals surface area contributed by atoms with E-state index in [4.69, 9.17) is 23.2 Å². The molecule has 0 aliphatic heterocycles. The zero-order chi connectivity index (χ0) is 12.1. The molecule has 4 heteroatoms. The largest absolute Gasteiger partial charge is 0.349 e. The molecule has 0 aliphatic rings. The number of amides is 1. The van der Waals surface area contributed by atoms with Crippen molar-refractivity contribution < 1.29 is 4.79 Å². The number of carbonyl (C=O) groups is 1. The van der Waals surface area contributed by atoms with Crippen LogP contribution in [0.4, 0.5) is 0 Å². The van der Waals surface area contributed by atoms with Crippen LogP contribution in [0.25, 0.3) is 0 Å². The summed E-state index contributed by atoms with van der Waals surface area (Å²) in [6.07, 6.45) is 0. The van der Waals surface area contributed by atoms with E-state index in [0.29, 0.717) is 10.9 Å². The maximum atomic E-state index is 11.6. The van der Waals surface area contributed by atoms with E-state index in [2.05, 4.69) is 5.32 Å². The minimum atomic E-state index is -0.170. The van der Waals surface area contributed by atoms with E-state index in [1.807, 2.05) is 31.2 Å². The lowest BCUT2D eigenvalue weighted by Crippen LogP contribution is -2.32. The van der Waals surface area contributed by atoms with Gasteiger partial charge >= 0.3 is 0 Å². The second-order valence-corrected chi connectivity index (χ2v) is 4.58. The first-order valence-electron chi connectivity index (χ1n) is 5.16. The van der Waals surface area contributed by atoms with Crippen molar-refractivity contribution in [2.24, 2.45) is 5.92 Å². The molecule has 1 aromatic carbocycles. The van der Waals surface area contributed by atoms with Crippen molar-refractivity contribution in [3.05, 3.63) is 34.9 Å². The number of nitrogens with one attached hydrogen (secondary N) is 1. The van der Waals surface area contributed by atoms with Crippen LogP contribution < -0.4 is 5.32 Å². The first-order valence-corrected chi connectivity index (χ1v) is 6.07. The van der Waals surface area contributed by atoms with Crippen LogP contribution in [0.1, 0.15) is 25.5 Å². The van der Waals surface area contributed by atoms with E-state index in [1.165, 1.54) is 0 Å². The monoisotopic (exact) mass is 259 g/mol. The van der Waals surface area contributed by atoms with Crippen LogP contribution in [-0.2, 0) is 4.79 Å². The molecule has 0 radical (unpaired) electrons. The predicted octanol–water partition coefficient (Wildman–Crippen LogP) is 3.39. The summed E-state index contributed by atoms with van der Waals surface area (Å²) in [6, 6.07) is 7.39. The average Bonchev–Trinajstić information content (AvgIpc) is 2.28. The maximum absolute atomic E-state index is 11.6. The first kappa shape index (κ1) is 13.3. The Balaban J connectivity index is 2.62. The fraction of sp³-hybridized carbons (Fsp3) is 0.417. The van der Waals surface area contributed by atoms with E-state index < -0.39 is 0 Å². The Bertz CT molecular complexity index is 351. The Hall–Kier alpha value is -0.730. The molecule has 1 amide bonds. The van der Waals surface area contributed by atoms with Gasteiger partial charge in [0, 0.05) is 16.8 Å². The number of benzene rings is 1. The third-order valence-corrected chi connectivity index (χ3v) is 3.12. The number of rotatable bonds is 4. The van der Waals surface area contributed by atoms with E-state index >= 15 is 0 Å². The summed E-state index contributed by atoms with van der Waals surface area (Å²) in [6.45, 7) is 3.74. The Morgan fingerprint density at radius 1 is 1.31 bits per heavy atom. The van der Waals surface area contributed by atoms with Crippen molar-refractivity contribution >= 4 is 29.1 Å². The maximum Gasteiger partial charge on any atom is 0.224 e. The molecule has 2 nitrogen and oxygen atoms in total. The first-order chi connectivity index (χ1) is 7.54. The van der Waals surface area contributed by atoms with Crippen molar-refractivity contribution in [2.75, 3.05) is 5.88 Å². The van der Waals surface area contributed by atoms with Gasteiger partial charge in [-0.1, -0.05) is 30.7 Å². The van der Waals surface area contributed by atoms with Gasteiger partial charge < -0.3 is 5.32 Å². The summed E-state index contributed by atoms with van der Waals surface area (Å²) in [7, 11) is 0. The molecule has 0 aromatic heterocycles. The van der Waals surface area contributed by atoms with Crippen molar-refractivity contribution in [1.29, 1.82) is 0 Å². The molecule has 0 spiro atoms. The summed E-state index contributed by atoms with van der Waals surface area (Å²) in [4.78, 5) is 11.6. The Kier molecular flexibility index (Phi) is 5.10. The van der Waals surface area contributed by atoms with Crippen LogP contribution in [0.3, 0.4) is 0 Å². The molecule has 0 aliphatic carbocycles. The molecule has 0 fully saturated rings. The molecule has 1 unspecified atom stereocenters. The van der Waals surface area contributed by atoms with E-state index in [9.17, 15) is 4.79 Å². The number of hydrogen-bond donors (Lipinski definition) is 1. The van der Waals surface area contributed by atoms with Gasteiger partial charge in [-0.15, -0.1) is 11.6 Å². The molecule has 1 aromatic rings. The number of alkyl halides is 1. The highest BCUT2D eigenvalue weighted by molar-refractivity contribution is 6.30. The van der Waals surface area contributed by atoms with Gasteiger partial charge in [0.2, 0.25) is 5.91 Å². The highest BCUT2D eigenvalue weighted by Gasteiger charge is 2.14. The number of halogens is 2. The van der Waals surface area contributed by atoms with Gasteiger partial charge in [-0.05, 0) is 24.6 Å². The van der Waals surface area contributed by atoms with Crippen LogP contribution in [-0.4, -0.2) is 11.8 Å². The van der Waals surface area contributed by atoms with Crippen LogP contribution in [0.5, 0.6) is 0 Å². The smallest absolute Gasteiger partial charge is 0.224 e. The lowest BCUT2D eigenvalue weighted by atomic mass is 10.1. The summed E-state index contributed by atoms with van der Waals surface area (Å²) < 4.78 is 0. The summed E-state index contributed by atoms with van der Waals surface area (Å²) in [5.74, 6) is 0.132. The molecule has 88 valence electrons. The van der Waals surface area contributed by atoms with Crippen LogP contribution in [0.15, 0.2) is 24.3 Å². The minimum absolute atomic E-state index is 0.0301. The summed E-state index contributed by atoms with van der Waals surface area (Å²) >= 11 is 11.4. The Morgan fingerprint density at radius 3 is 2.38 bits per heavy atom. The lowest BCUT2D eigenvalue weighted by Gasteiger charge is -2.16. The Labute approximate surface area is 106 Å². The van der Waals surface area contributed by atoms with E-state index in [0.717, 1.165) is 5.56 Å². The van der Waals surface area contributed by atoms with Crippen molar-refractivity contribution in [2.45, 2.75) is 19.9 Å². The molecule has 0 heterocycles. The van der Waals surface area contributed by atoms with Gasteiger partial charge in [0.25, 0.3) is 0 Å². The van der Waals surface area contributed by atoms with Crippen molar-refractivity contribution in [3.63, 3.8) is 0 Å². The van der Waals surface area contributed by atoms with Gasteiger partial charge in [0.1, 0.15) is 0 Å². The molecule has 2 atom stereocenters. The van der Waals surface area contributed by atoms with Gasteiger partial charge in [-0.25, -0.2) is 0 Å². The van der Waals surface area contributed by atoms with Crippen LogP contribution >= 0.6 is 23.2 Å².